The molecule has 0 N–H and O–H groups in total. The standard InChI is InChI=1S/C12H14BrF/c13-11-6-4-9(5-7-11)12-3-1-2-10(12)8-14/h4-7,10,12H,1-3,8H2. The van der Waals surface area contributed by atoms with E-state index in [0.29, 0.717) is 5.92 Å². The van der Waals surface area contributed by atoms with E-state index in [1.54, 1.807) is 0 Å². The smallest absolute Gasteiger partial charge is 0.0928 e. The summed E-state index contributed by atoms with van der Waals surface area (Å²) in [7, 11) is 0. The number of halogens is 2. The lowest BCUT2D eigenvalue weighted by atomic mass is 9.90. The van der Waals surface area contributed by atoms with E-state index in [-0.39, 0.29) is 12.6 Å². The van der Waals surface area contributed by atoms with Gasteiger partial charge in [-0.3, -0.25) is 4.39 Å². The average Bonchev–Trinajstić information content (AvgIpc) is 2.67. The molecule has 0 aromatic heterocycles. The van der Waals surface area contributed by atoms with Gasteiger partial charge in [0.05, 0.1) is 6.67 Å². The Labute approximate surface area is 92.6 Å². The third kappa shape index (κ3) is 2.00. The second-order valence-corrected chi connectivity index (χ2v) is 4.92. The lowest BCUT2D eigenvalue weighted by Gasteiger charge is -2.16. The summed E-state index contributed by atoms with van der Waals surface area (Å²) < 4.78 is 13.8. The van der Waals surface area contributed by atoms with Crippen LogP contribution in [0.3, 0.4) is 0 Å². The third-order valence-electron chi connectivity index (χ3n) is 3.16. The zero-order valence-electron chi connectivity index (χ0n) is 8.05. The number of alkyl halides is 1. The van der Waals surface area contributed by atoms with Crippen LogP contribution in [-0.2, 0) is 0 Å². The number of benzene rings is 1. The van der Waals surface area contributed by atoms with Crippen molar-refractivity contribution in [3.05, 3.63) is 34.3 Å². The zero-order chi connectivity index (χ0) is 9.97. The van der Waals surface area contributed by atoms with Crippen molar-refractivity contribution < 1.29 is 4.39 Å². The van der Waals surface area contributed by atoms with Crippen LogP contribution < -0.4 is 0 Å². The van der Waals surface area contributed by atoms with Crippen LogP contribution in [0.15, 0.2) is 28.7 Å². The first-order valence-electron chi connectivity index (χ1n) is 5.12. The van der Waals surface area contributed by atoms with E-state index in [1.165, 1.54) is 12.0 Å². The molecule has 0 bridgehead atoms. The average molecular weight is 257 g/mol. The van der Waals surface area contributed by atoms with Crippen molar-refractivity contribution in [1.82, 2.24) is 0 Å². The van der Waals surface area contributed by atoms with E-state index in [0.717, 1.165) is 17.3 Å². The van der Waals surface area contributed by atoms with Crippen molar-refractivity contribution in [2.24, 2.45) is 5.92 Å². The normalized spacial score (nSPS) is 26.7. The van der Waals surface area contributed by atoms with Crippen molar-refractivity contribution in [3.63, 3.8) is 0 Å². The Morgan fingerprint density at radius 2 is 1.93 bits per heavy atom. The van der Waals surface area contributed by atoms with Gasteiger partial charge in [0, 0.05) is 4.47 Å². The first-order chi connectivity index (χ1) is 6.81. The van der Waals surface area contributed by atoms with Crippen molar-refractivity contribution >= 4 is 15.9 Å². The molecular weight excluding hydrogens is 243 g/mol. The fourth-order valence-electron chi connectivity index (χ4n) is 2.37. The van der Waals surface area contributed by atoms with Gasteiger partial charge in [0.15, 0.2) is 0 Å². The van der Waals surface area contributed by atoms with Gasteiger partial charge in [-0.1, -0.05) is 34.5 Å². The van der Waals surface area contributed by atoms with Crippen molar-refractivity contribution in [1.29, 1.82) is 0 Å². The highest BCUT2D eigenvalue weighted by atomic mass is 79.9. The maximum absolute atomic E-state index is 12.7. The maximum atomic E-state index is 12.7. The molecule has 1 fully saturated rings. The van der Waals surface area contributed by atoms with E-state index in [1.807, 2.05) is 12.1 Å². The second-order valence-electron chi connectivity index (χ2n) is 4.00. The van der Waals surface area contributed by atoms with E-state index < -0.39 is 0 Å². The van der Waals surface area contributed by atoms with Gasteiger partial charge < -0.3 is 0 Å². The molecular formula is C12H14BrF. The van der Waals surface area contributed by atoms with Crippen molar-refractivity contribution in [2.75, 3.05) is 6.67 Å². The summed E-state index contributed by atoms with van der Waals surface area (Å²) in [5.74, 6) is 0.712. The highest BCUT2D eigenvalue weighted by Crippen LogP contribution is 2.39. The van der Waals surface area contributed by atoms with Crippen LogP contribution in [0.1, 0.15) is 30.7 Å². The van der Waals surface area contributed by atoms with Crippen LogP contribution in [0.4, 0.5) is 4.39 Å². The minimum Gasteiger partial charge on any atom is -0.251 e. The van der Waals surface area contributed by atoms with E-state index >= 15 is 0 Å². The Bertz CT molecular complexity index is 294. The minimum atomic E-state index is -0.166. The van der Waals surface area contributed by atoms with Gasteiger partial charge in [0.2, 0.25) is 0 Å². The van der Waals surface area contributed by atoms with Gasteiger partial charge in [-0.15, -0.1) is 0 Å². The number of rotatable bonds is 2. The van der Waals surface area contributed by atoms with Crippen LogP contribution in [0, 0.1) is 5.92 Å². The van der Waals surface area contributed by atoms with Gasteiger partial charge >= 0.3 is 0 Å². The van der Waals surface area contributed by atoms with Crippen LogP contribution in [-0.4, -0.2) is 6.67 Å². The van der Waals surface area contributed by atoms with Crippen molar-refractivity contribution in [2.45, 2.75) is 25.2 Å². The maximum Gasteiger partial charge on any atom is 0.0928 e. The van der Waals surface area contributed by atoms with Gasteiger partial charge in [0.1, 0.15) is 0 Å². The summed E-state index contributed by atoms with van der Waals surface area (Å²) in [6.07, 6.45) is 3.38. The summed E-state index contributed by atoms with van der Waals surface area (Å²) in [4.78, 5) is 0. The summed E-state index contributed by atoms with van der Waals surface area (Å²) >= 11 is 3.41. The van der Waals surface area contributed by atoms with Gasteiger partial charge in [-0.2, -0.15) is 0 Å². The minimum absolute atomic E-state index is 0.166. The Hall–Kier alpha value is -0.370. The summed E-state index contributed by atoms with van der Waals surface area (Å²) in [6, 6.07) is 8.32. The molecule has 0 spiro atoms. The molecule has 1 aromatic rings. The second kappa shape index (κ2) is 4.43. The Morgan fingerprint density at radius 3 is 2.57 bits per heavy atom. The molecule has 14 heavy (non-hydrogen) atoms. The summed E-state index contributed by atoms with van der Waals surface area (Å²) in [6.45, 7) is -0.166. The molecule has 1 aliphatic carbocycles. The third-order valence-corrected chi connectivity index (χ3v) is 3.68. The first-order valence-corrected chi connectivity index (χ1v) is 5.92. The molecule has 76 valence electrons. The predicted octanol–water partition coefficient (Wildman–Crippen LogP) is 4.30. The Morgan fingerprint density at radius 1 is 1.21 bits per heavy atom. The van der Waals surface area contributed by atoms with Gasteiger partial charge in [-0.25, -0.2) is 0 Å². The molecule has 0 saturated heterocycles. The SMILES string of the molecule is FCC1CCCC1c1ccc(Br)cc1. The van der Waals surface area contributed by atoms with Crippen LogP contribution >= 0.6 is 15.9 Å². The molecule has 0 aliphatic heterocycles. The summed E-state index contributed by atoms with van der Waals surface area (Å²) in [5, 5.41) is 0. The van der Waals surface area contributed by atoms with E-state index in [2.05, 4.69) is 28.1 Å². The van der Waals surface area contributed by atoms with Crippen LogP contribution in [0.2, 0.25) is 0 Å². The summed E-state index contributed by atoms with van der Waals surface area (Å²) in [5.41, 5.74) is 1.30. The molecule has 0 heterocycles. The van der Waals surface area contributed by atoms with Crippen LogP contribution in [0.25, 0.3) is 0 Å². The fourth-order valence-corrected chi connectivity index (χ4v) is 2.63. The molecule has 2 heteroatoms. The quantitative estimate of drug-likeness (QED) is 0.740. The number of hydrogen-bond acceptors (Lipinski definition) is 0. The van der Waals surface area contributed by atoms with E-state index in [9.17, 15) is 4.39 Å². The molecule has 1 aromatic carbocycles. The lowest BCUT2D eigenvalue weighted by molar-refractivity contribution is 0.342. The van der Waals surface area contributed by atoms with Crippen LogP contribution in [0.5, 0.6) is 0 Å². The molecule has 0 amide bonds. The van der Waals surface area contributed by atoms with E-state index in [4.69, 9.17) is 0 Å². The monoisotopic (exact) mass is 256 g/mol. The topological polar surface area (TPSA) is 0 Å². The molecule has 0 radical (unpaired) electrons. The van der Waals surface area contributed by atoms with Gasteiger partial charge in [0.25, 0.3) is 0 Å². The molecule has 1 saturated carbocycles. The fraction of sp³-hybridized carbons (Fsp3) is 0.500. The molecule has 2 unspecified atom stereocenters. The number of hydrogen-bond donors (Lipinski definition) is 0. The Kier molecular flexibility index (Phi) is 3.22. The molecule has 1 aliphatic rings. The largest absolute Gasteiger partial charge is 0.251 e. The molecule has 2 rings (SSSR count). The van der Waals surface area contributed by atoms with Gasteiger partial charge in [-0.05, 0) is 42.4 Å². The zero-order valence-corrected chi connectivity index (χ0v) is 9.63. The Balaban J connectivity index is 2.17. The highest BCUT2D eigenvalue weighted by Gasteiger charge is 2.28. The first kappa shape index (κ1) is 10.2. The molecule has 2 atom stereocenters. The predicted molar refractivity (Wildman–Crippen MR) is 60.2 cm³/mol. The highest BCUT2D eigenvalue weighted by molar-refractivity contribution is 9.10. The molecule has 0 nitrogen and oxygen atoms in total. The van der Waals surface area contributed by atoms with Crippen molar-refractivity contribution in [3.8, 4) is 0 Å². The lowest BCUT2D eigenvalue weighted by Crippen LogP contribution is -2.07.